The SMILES string of the molecule is CCOc1ccc(S(=O)(=O)N(CC(=O)O)Cc2ccccc2)cc1. The van der Waals surface area contributed by atoms with E-state index >= 15 is 0 Å². The van der Waals surface area contributed by atoms with Crippen LogP contribution in [0.2, 0.25) is 0 Å². The molecule has 0 aliphatic heterocycles. The summed E-state index contributed by atoms with van der Waals surface area (Å²) in [5.74, 6) is -0.648. The molecule has 24 heavy (non-hydrogen) atoms. The van der Waals surface area contributed by atoms with Gasteiger partial charge >= 0.3 is 5.97 Å². The summed E-state index contributed by atoms with van der Waals surface area (Å²) in [6.07, 6.45) is 0. The molecule has 1 N–H and O–H groups in total. The Labute approximate surface area is 141 Å². The van der Waals surface area contributed by atoms with Crippen LogP contribution >= 0.6 is 0 Å². The van der Waals surface area contributed by atoms with Crippen LogP contribution in [0.3, 0.4) is 0 Å². The molecule has 6 nitrogen and oxygen atoms in total. The highest BCUT2D eigenvalue weighted by atomic mass is 32.2. The first-order valence-corrected chi connectivity index (χ1v) is 8.86. The Morgan fingerprint density at radius 2 is 1.71 bits per heavy atom. The molecule has 0 bridgehead atoms. The van der Waals surface area contributed by atoms with Gasteiger partial charge in [-0.3, -0.25) is 4.79 Å². The highest BCUT2D eigenvalue weighted by Gasteiger charge is 2.26. The Morgan fingerprint density at radius 1 is 1.08 bits per heavy atom. The molecule has 2 aromatic rings. The predicted octanol–water partition coefficient (Wildman–Crippen LogP) is 2.36. The van der Waals surface area contributed by atoms with Crippen molar-refractivity contribution in [1.29, 1.82) is 0 Å². The summed E-state index contributed by atoms with van der Waals surface area (Å²) in [4.78, 5) is 11.1. The first-order chi connectivity index (χ1) is 11.4. The van der Waals surface area contributed by atoms with Gasteiger partial charge in [0, 0.05) is 6.54 Å². The number of hydrogen-bond donors (Lipinski definition) is 1. The van der Waals surface area contributed by atoms with Crippen molar-refractivity contribution in [2.45, 2.75) is 18.4 Å². The minimum absolute atomic E-state index is 0.0112. The van der Waals surface area contributed by atoms with Gasteiger partial charge in [-0.05, 0) is 36.8 Å². The van der Waals surface area contributed by atoms with Crippen molar-refractivity contribution >= 4 is 16.0 Å². The van der Waals surface area contributed by atoms with E-state index in [-0.39, 0.29) is 11.4 Å². The average molecular weight is 349 g/mol. The number of carboxylic acid groups (broad SMARTS) is 1. The maximum absolute atomic E-state index is 12.8. The summed E-state index contributed by atoms with van der Waals surface area (Å²) in [6.45, 7) is 1.69. The molecule has 0 aliphatic rings. The second-order valence-electron chi connectivity index (χ2n) is 5.06. The maximum Gasteiger partial charge on any atom is 0.318 e. The van der Waals surface area contributed by atoms with Crippen LogP contribution in [-0.4, -0.2) is 37.0 Å². The fourth-order valence-corrected chi connectivity index (χ4v) is 3.56. The molecule has 0 aromatic heterocycles. The first kappa shape index (κ1) is 18.0. The number of carbonyl (C=O) groups is 1. The standard InChI is InChI=1S/C17H19NO5S/c1-2-23-15-8-10-16(11-9-15)24(21,22)18(13-17(19)20)12-14-6-4-3-5-7-14/h3-11H,2,12-13H2,1H3,(H,19,20). The van der Waals surface area contributed by atoms with E-state index in [1.165, 1.54) is 12.1 Å². The van der Waals surface area contributed by atoms with Crippen molar-refractivity contribution in [2.75, 3.05) is 13.2 Å². The van der Waals surface area contributed by atoms with Gasteiger partial charge in [-0.25, -0.2) is 8.42 Å². The average Bonchev–Trinajstić information content (AvgIpc) is 2.55. The van der Waals surface area contributed by atoms with Crippen LogP contribution in [0.1, 0.15) is 12.5 Å². The fourth-order valence-electron chi connectivity index (χ4n) is 2.19. The van der Waals surface area contributed by atoms with Gasteiger partial charge in [0.25, 0.3) is 0 Å². The van der Waals surface area contributed by atoms with Crippen LogP contribution in [0.5, 0.6) is 5.75 Å². The minimum Gasteiger partial charge on any atom is -0.494 e. The first-order valence-electron chi connectivity index (χ1n) is 7.42. The molecule has 0 saturated heterocycles. The van der Waals surface area contributed by atoms with Gasteiger partial charge in [-0.15, -0.1) is 0 Å². The number of sulfonamides is 1. The smallest absolute Gasteiger partial charge is 0.318 e. The van der Waals surface area contributed by atoms with E-state index in [9.17, 15) is 13.2 Å². The normalized spacial score (nSPS) is 11.4. The van der Waals surface area contributed by atoms with Gasteiger partial charge in [-0.2, -0.15) is 4.31 Å². The van der Waals surface area contributed by atoms with Crippen molar-refractivity contribution < 1.29 is 23.1 Å². The molecule has 0 unspecified atom stereocenters. The highest BCUT2D eigenvalue weighted by Crippen LogP contribution is 2.21. The molecule has 128 valence electrons. The predicted molar refractivity (Wildman–Crippen MR) is 89.3 cm³/mol. The summed E-state index contributed by atoms with van der Waals surface area (Å²) < 4.78 is 31.8. The molecule has 2 rings (SSSR count). The lowest BCUT2D eigenvalue weighted by molar-refractivity contribution is -0.137. The zero-order valence-corrected chi connectivity index (χ0v) is 14.1. The van der Waals surface area contributed by atoms with Crippen molar-refractivity contribution in [1.82, 2.24) is 4.31 Å². The van der Waals surface area contributed by atoms with Gasteiger partial charge in [0.1, 0.15) is 12.3 Å². The van der Waals surface area contributed by atoms with Gasteiger partial charge in [0.2, 0.25) is 10.0 Å². The van der Waals surface area contributed by atoms with Crippen LogP contribution in [0.25, 0.3) is 0 Å². The molecule has 7 heteroatoms. The molecule has 0 amide bonds. The van der Waals surface area contributed by atoms with E-state index in [2.05, 4.69) is 0 Å². The Balaban J connectivity index is 2.30. The van der Waals surface area contributed by atoms with Gasteiger partial charge in [-0.1, -0.05) is 30.3 Å². The third-order valence-electron chi connectivity index (χ3n) is 3.29. The number of hydrogen-bond acceptors (Lipinski definition) is 4. The van der Waals surface area contributed by atoms with E-state index in [1.54, 1.807) is 36.4 Å². The number of carboxylic acids is 1. The molecule has 0 radical (unpaired) electrons. The summed E-state index contributed by atoms with van der Waals surface area (Å²) in [7, 11) is -3.93. The van der Waals surface area contributed by atoms with Crippen molar-refractivity contribution in [3.63, 3.8) is 0 Å². The van der Waals surface area contributed by atoms with Gasteiger partial charge in [0.15, 0.2) is 0 Å². The molecule has 0 aliphatic carbocycles. The van der Waals surface area contributed by atoms with Crippen LogP contribution in [-0.2, 0) is 21.4 Å². The monoisotopic (exact) mass is 349 g/mol. The van der Waals surface area contributed by atoms with Gasteiger partial charge in [0.05, 0.1) is 11.5 Å². The van der Waals surface area contributed by atoms with Gasteiger partial charge < -0.3 is 9.84 Å². The molecule has 0 spiro atoms. The molecule has 0 fully saturated rings. The fraction of sp³-hybridized carbons (Fsp3) is 0.235. The summed E-state index contributed by atoms with van der Waals surface area (Å²) >= 11 is 0. The Kier molecular flexibility index (Phi) is 5.94. The number of rotatable bonds is 8. The summed E-state index contributed by atoms with van der Waals surface area (Å²) in [5, 5.41) is 9.06. The number of benzene rings is 2. The number of ether oxygens (including phenoxy) is 1. The Hall–Kier alpha value is -2.38. The topological polar surface area (TPSA) is 83.9 Å². The lowest BCUT2D eigenvalue weighted by Gasteiger charge is -2.20. The van der Waals surface area contributed by atoms with E-state index in [1.807, 2.05) is 13.0 Å². The second kappa shape index (κ2) is 7.94. The molecular weight excluding hydrogens is 330 g/mol. The van der Waals surface area contributed by atoms with Crippen LogP contribution in [0.15, 0.2) is 59.5 Å². The molecular formula is C17H19NO5S. The Bertz CT molecular complexity index is 772. The Morgan fingerprint density at radius 3 is 2.25 bits per heavy atom. The van der Waals surface area contributed by atoms with Crippen LogP contribution < -0.4 is 4.74 Å². The van der Waals surface area contributed by atoms with Crippen molar-refractivity contribution in [3.8, 4) is 5.75 Å². The van der Waals surface area contributed by atoms with Crippen LogP contribution in [0, 0.1) is 0 Å². The maximum atomic E-state index is 12.8. The number of aliphatic carboxylic acids is 1. The van der Waals surface area contributed by atoms with E-state index in [0.717, 1.165) is 4.31 Å². The molecule has 0 saturated carbocycles. The largest absolute Gasteiger partial charge is 0.494 e. The molecule has 0 atom stereocenters. The lowest BCUT2D eigenvalue weighted by atomic mass is 10.2. The van der Waals surface area contributed by atoms with Crippen molar-refractivity contribution in [2.24, 2.45) is 0 Å². The second-order valence-corrected chi connectivity index (χ2v) is 6.99. The summed E-state index contributed by atoms with van der Waals surface area (Å²) in [5.41, 5.74) is 0.716. The van der Waals surface area contributed by atoms with Crippen molar-refractivity contribution in [3.05, 3.63) is 60.2 Å². The van der Waals surface area contributed by atoms with E-state index < -0.39 is 22.5 Å². The number of nitrogens with zero attached hydrogens (tertiary/aromatic N) is 1. The third-order valence-corrected chi connectivity index (χ3v) is 5.09. The van der Waals surface area contributed by atoms with E-state index in [4.69, 9.17) is 9.84 Å². The third kappa shape index (κ3) is 4.56. The zero-order valence-electron chi connectivity index (χ0n) is 13.3. The zero-order chi connectivity index (χ0) is 17.6. The quantitative estimate of drug-likeness (QED) is 0.791. The molecule has 2 aromatic carbocycles. The van der Waals surface area contributed by atoms with Crippen LogP contribution in [0.4, 0.5) is 0 Å². The lowest BCUT2D eigenvalue weighted by Crippen LogP contribution is -2.35. The highest BCUT2D eigenvalue weighted by molar-refractivity contribution is 7.89. The summed E-state index contributed by atoms with van der Waals surface area (Å²) in [6, 6.07) is 14.8. The minimum atomic E-state index is -3.93. The van der Waals surface area contributed by atoms with E-state index in [0.29, 0.717) is 17.9 Å². The molecule has 0 heterocycles.